The van der Waals surface area contributed by atoms with Crippen LogP contribution in [0.1, 0.15) is 24.2 Å². The number of fused-ring (bicyclic) bond motifs is 1. The molecule has 0 radical (unpaired) electrons. The minimum absolute atomic E-state index is 0.200. The van der Waals surface area contributed by atoms with Gasteiger partial charge in [0.15, 0.2) is 0 Å². The first-order chi connectivity index (χ1) is 9.15. The number of nitrogens with zero attached hydrogens (tertiary/aromatic N) is 1. The molecule has 2 nitrogen and oxygen atoms in total. The zero-order valence-corrected chi connectivity index (χ0v) is 11.8. The minimum Gasteiger partial charge on any atom is -0.341 e. The van der Waals surface area contributed by atoms with Crippen molar-refractivity contribution in [1.82, 2.24) is 9.97 Å². The van der Waals surface area contributed by atoms with Gasteiger partial charge in [0.25, 0.3) is 0 Å². The van der Waals surface area contributed by atoms with E-state index in [-0.39, 0.29) is 5.92 Å². The summed E-state index contributed by atoms with van der Waals surface area (Å²) in [5.41, 5.74) is 2.97. The van der Waals surface area contributed by atoms with Gasteiger partial charge in [-0.15, -0.1) is 0 Å². The van der Waals surface area contributed by atoms with Crippen LogP contribution in [0, 0.1) is 0 Å². The number of hydrogen-bond donors (Lipinski definition) is 1. The lowest BCUT2D eigenvalue weighted by Crippen LogP contribution is -1.97. The second-order valence-corrected chi connectivity index (χ2v) is 5.35. The summed E-state index contributed by atoms with van der Waals surface area (Å²) in [6.07, 6.45) is 0. The summed E-state index contributed by atoms with van der Waals surface area (Å²) >= 11 is 12.0. The lowest BCUT2D eigenvalue weighted by molar-refractivity contribution is 0.846. The van der Waals surface area contributed by atoms with Crippen molar-refractivity contribution < 1.29 is 0 Å². The molecule has 0 spiro atoms. The summed E-state index contributed by atoms with van der Waals surface area (Å²) in [5.74, 6) is 1.12. The highest BCUT2D eigenvalue weighted by molar-refractivity contribution is 6.42. The van der Waals surface area contributed by atoms with Gasteiger partial charge >= 0.3 is 0 Å². The van der Waals surface area contributed by atoms with E-state index in [4.69, 9.17) is 23.2 Å². The summed E-state index contributed by atoms with van der Waals surface area (Å²) in [7, 11) is 0. The van der Waals surface area contributed by atoms with Crippen LogP contribution in [0.2, 0.25) is 10.0 Å². The van der Waals surface area contributed by atoms with Crippen molar-refractivity contribution in [2.24, 2.45) is 0 Å². The average molecular weight is 291 g/mol. The third kappa shape index (κ3) is 2.34. The Kier molecular flexibility index (Phi) is 3.21. The van der Waals surface area contributed by atoms with E-state index in [9.17, 15) is 0 Å². The Morgan fingerprint density at radius 2 is 1.74 bits per heavy atom. The van der Waals surface area contributed by atoms with E-state index in [0.717, 1.165) is 16.9 Å². The van der Waals surface area contributed by atoms with Crippen molar-refractivity contribution in [2.75, 3.05) is 0 Å². The van der Waals surface area contributed by atoms with Crippen molar-refractivity contribution in [3.05, 3.63) is 63.9 Å². The average Bonchev–Trinajstić information content (AvgIpc) is 2.82. The zero-order chi connectivity index (χ0) is 13.4. The number of nitrogens with one attached hydrogen (secondary N) is 1. The van der Waals surface area contributed by atoms with Gasteiger partial charge in [0, 0.05) is 5.92 Å². The van der Waals surface area contributed by atoms with E-state index in [1.165, 1.54) is 5.56 Å². The number of imidazole rings is 1. The second kappa shape index (κ2) is 4.87. The zero-order valence-electron chi connectivity index (χ0n) is 10.3. The van der Waals surface area contributed by atoms with Gasteiger partial charge < -0.3 is 4.98 Å². The first kappa shape index (κ1) is 12.5. The summed E-state index contributed by atoms with van der Waals surface area (Å²) < 4.78 is 0. The van der Waals surface area contributed by atoms with Crippen LogP contribution in [0.25, 0.3) is 11.0 Å². The monoisotopic (exact) mass is 290 g/mol. The Balaban J connectivity index is 2.06. The standard InChI is InChI=1S/C15H12Cl2N2/c1-9(10-5-3-2-4-6-10)15-18-13-7-11(16)12(17)8-14(13)19-15/h2-9H,1H3,(H,18,19). The molecule has 1 atom stereocenters. The highest BCUT2D eigenvalue weighted by Gasteiger charge is 2.13. The van der Waals surface area contributed by atoms with Gasteiger partial charge in [-0.25, -0.2) is 4.98 Å². The molecule has 1 heterocycles. The summed E-state index contributed by atoms with van der Waals surface area (Å²) in [5, 5.41) is 1.07. The van der Waals surface area contributed by atoms with Crippen LogP contribution in [-0.2, 0) is 0 Å². The third-order valence-electron chi connectivity index (χ3n) is 3.25. The molecule has 0 saturated heterocycles. The molecule has 3 aromatic rings. The van der Waals surface area contributed by atoms with E-state index >= 15 is 0 Å². The Bertz CT molecular complexity index is 681. The molecule has 0 aliphatic rings. The Hall–Kier alpha value is -1.51. The lowest BCUT2D eigenvalue weighted by Gasteiger charge is -2.07. The van der Waals surface area contributed by atoms with Crippen LogP contribution in [0.15, 0.2) is 42.5 Å². The van der Waals surface area contributed by atoms with Gasteiger partial charge in [0.1, 0.15) is 5.82 Å². The molecule has 1 aromatic heterocycles. The van der Waals surface area contributed by atoms with E-state index in [1.807, 2.05) is 24.3 Å². The number of rotatable bonds is 2. The van der Waals surface area contributed by atoms with E-state index < -0.39 is 0 Å². The fourth-order valence-electron chi connectivity index (χ4n) is 2.13. The highest BCUT2D eigenvalue weighted by atomic mass is 35.5. The van der Waals surface area contributed by atoms with E-state index in [2.05, 4.69) is 29.0 Å². The van der Waals surface area contributed by atoms with Crippen LogP contribution in [0.3, 0.4) is 0 Å². The molecular formula is C15H12Cl2N2. The molecule has 19 heavy (non-hydrogen) atoms. The molecular weight excluding hydrogens is 279 g/mol. The minimum atomic E-state index is 0.200. The number of aromatic nitrogens is 2. The first-order valence-electron chi connectivity index (χ1n) is 6.05. The molecule has 0 bridgehead atoms. The van der Waals surface area contributed by atoms with Crippen LogP contribution in [-0.4, -0.2) is 9.97 Å². The Morgan fingerprint density at radius 3 is 2.47 bits per heavy atom. The second-order valence-electron chi connectivity index (χ2n) is 4.54. The Morgan fingerprint density at radius 1 is 1.05 bits per heavy atom. The molecule has 0 saturated carbocycles. The maximum absolute atomic E-state index is 6.01. The van der Waals surface area contributed by atoms with Crippen LogP contribution < -0.4 is 0 Å². The van der Waals surface area contributed by atoms with Crippen LogP contribution in [0.5, 0.6) is 0 Å². The number of halogens is 2. The third-order valence-corrected chi connectivity index (χ3v) is 3.97. The maximum atomic E-state index is 6.01. The molecule has 96 valence electrons. The van der Waals surface area contributed by atoms with Crippen molar-refractivity contribution in [3.8, 4) is 0 Å². The molecule has 0 fully saturated rings. The first-order valence-corrected chi connectivity index (χ1v) is 6.80. The molecule has 0 amide bonds. The van der Waals surface area contributed by atoms with Gasteiger partial charge in [-0.05, 0) is 17.7 Å². The van der Waals surface area contributed by atoms with Crippen molar-refractivity contribution >= 4 is 34.2 Å². The predicted octanol–water partition coefficient (Wildman–Crippen LogP) is 5.02. The van der Waals surface area contributed by atoms with E-state index in [1.54, 1.807) is 6.07 Å². The molecule has 1 N–H and O–H groups in total. The normalized spacial score (nSPS) is 12.8. The number of H-pyrrole nitrogens is 1. The summed E-state index contributed by atoms with van der Waals surface area (Å²) in [6, 6.07) is 13.9. The smallest absolute Gasteiger partial charge is 0.114 e. The van der Waals surface area contributed by atoms with Crippen LogP contribution >= 0.6 is 23.2 Å². The van der Waals surface area contributed by atoms with Crippen molar-refractivity contribution in [3.63, 3.8) is 0 Å². The fraction of sp³-hybridized carbons (Fsp3) is 0.133. The molecule has 4 heteroatoms. The SMILES string of the molecule is CC(c1ccccc1)c1nc2cc(Cl)c(Cl)cc2[nH]1. The van der Waals surface area contributed by atoms with Crippen LogP contribution in [0.4, 0.5) is 0 Å². The molecule has 2 aromatic carbocycles. The lowest BCUT2D eigenvalue weighted by atomic mass is 10.0. The number of aromatic amines is 1. The van der Waals surface area contributed by atoms with Crippen molar-refractivity contribution in [2.45, 2.75) is 12.8 Å². The highest BCUT2D eigenvalue weighted by Crippen LogP contribution is 2.29. The molecule has 1 unspecified atom stereocenters. The molecule has 0 aliphatic heterocycles. The van der Waals surface area contributed by atoms with Gasteiger partial charge in [-0.3, -0.25) is 0 Å². The summed E-state index contributed by atoms with van der Waals surface area (Å²) in [4.78, 5) is 7.90. The molecule has 0 aliphatic carbocycles. The topological polar surface area (TPSA) is 28.7 Å². The number of benzene rings is 2. The summed E-state index contributed by atoms with van der Waals surface area (Å²) in [6.45, 7) is 2.12. The van der Waals surface area contributed by atoms with Gasteiger partial charge in [-0.2, -0.15) is 0 Å². The maximum Gasteiger partial charge on any atom is 0.114 e. The molecule has 3 rings (SSSR count). The quantitative estimate of drug-likeness (QED) is 0.705. The fourth-order valence-corrected chi connectivity index (χ4v) is 2.45. The van der Waals surface area contributed by atoms with Gasteiger partial charge in [0.2, 0.25) is 0 Å². The Labute approximate surface area is 121 Å². The van der Waals surface area contributed by atoms with Gasteiger partial charge in [-0.1, -0.05) is 60.5 Å². The number of hydrogen-bond acceptors (Lipinski definition) is 1. The predicted molar refractivity (Wildman–Crippen MR) is 80.1 cm³/mol. The van der Waals surface area contributed by atoms with E-state index in [0.29, 0.717) is 10.0 Å². The van der Waals surface area contributed by atoms with Crippen molar-refractivity contribution in [1.29, 1.82) is 0 Å². The van der Waals surface area contributed by atoms with Gasteiger partial charge in [0.05, 0.1) is 21.1 Å². The largest absolute Gasteiger partial charge is 0.341 e.